The van der Waals surface area contributed by atoms with Gasteiger partial charge in [-0.15, -0.1) is 22.7 Å². The molecule has 0 bridgehead atoms. The average Bonchev–Trinajstić information content (AvgIpc) is 3.89. The largest absolute Gasteiger partial charge is 0.456 e. The zero-order valence-electron chi connectivity index (χ0n) is 28.1. The van der Waals surface area contributed by atoms with Gasteiger partial charge in [0.2, 0.25) is 0 Å². The number of fused-ring (bicyclic) bond motifs is 9. The third-order valence-electron chi connectivity index (χ3n) is 10.4. The van der Waals surface area contributed by atoms with Crippen molar-refractivity contribution in [1.29, 1.82) is 0 Å². The molecular weight excluding hydrogens is 675 g/mol. The van der Waals surface area contributed by atoms with Crippen LogP contribution in [0.4, 0.5) is 0 Å². The molecule has 1 aliphatic carbocycles. The zero-order chi connectivity index (χ0) is 34.3. The van der Waals surface area contributed by atoms with Gasteiger partial charge in [-0.05, 0) is 70.8 Å². The van der Waals surface area contributed by atoms with E-state index in [1.54, 1.807) is 0 Å². The van der Waals surface area contributed by atoms with Crippen LogP contribution in [-0.4, -0.2) is 15.0 Å². The van der Waals surface area contributed by atoms with Gasteiger partial charge in [-0.3, -0.25) is 0 Å². The lowest BCUT2D eigenvalue weighted by Crippen LogP contribution is -2.00. The van der Waals surface area contributed by atoms with Crippen LogP contribution in [0.3, 0.4) is 0 Å². The summed E-state index contributed by atoms with van der Waals surface area (Å²) in [5, 5.41) is 5.97. The first-order valence-electron chi connectivity index (χ1n) is 17.6. The second-order valence-electron chi connectivity index (χ2n) is 13.6. The van der Waals surface area contributed by atoms with Crippen LogP contribution in [0.25, 0.3) is 104 Å². The van der Waals surface area contributed by atoms with E-state index >= 15 is 0 Å². The van der Waals surface area contributed by atoms with Crippen LogP contribution in [-0.2, 0) is 0 Å². The van der Waals surface area contributed by atoms with Gasteiger partial charge in [0.15, 0.2) is 17.5 Å². The molecule has 4 heterocycles. The minimum atomic E-state index is 0.509. The molecule has 11 rings (SSSR count). The van der Waals surface area contributed by atoms with E-state index in [2.05, 4.69) is 116 Å². The predicted octanol–water partition coefficient (Wildman–Crippen LogP) is 13.5. The molecule has 246 valence electrons. The Morgan fingerprint density at radius 1 is 0.538 bits per heavy atom. The van der Waals surface area contributed by atoms with Crippen molar-refractivity contribution in [3.8, 4) is 45.3 Å². The van der Waals surface area contributed by atoms with Crippen molar-refractivity contribution in [3.63, 3.8) is 0 Å². The number of rotatable bonds is 4. The Labute approximate surface area is 307 Å². The highest BCUT2D eigenvalue weighted by Gasteiger charge is 2.22. The minimum Gasteiger partial charge on any atom is -0.456 e. The standard InChI is InChI=1S/C46H29N3OS2/c1-26-10-7-19-38-41(26)33-23-21-29(25-40(33)52-38)45-47-44(27-11-3-2-4-12-27)48-46(49-45)34-15-9-17-36-43(34)42-30(14-8-16-35(42)50-36)28-20-22-32-31-13-5-6-18-37(31)51-39(32)24-28/h2-9,11-26H,10H2,1H3. The third-order valence-corrected chi connectivity index (χ3v) is 12.7. The van der Waals surface area contributed by atoms with E-state index in [0.29, 0.717) is 23.4 Å². The summed E-state index contributed by atoms with van der Waals surface area (Å²) in [6.45, 7) is 2.32. The van der Waals surface area contributed by atoms with E-state index in [1.165, 1.54) is 40.7 Å². The SMILES string of the molecule is CC1CC=Cc2sc3cc(-c4nc(-c5ccccc5)nc(-c5cccc6oc7cccc(-c8ccc9c(c8)sc8ccccc89)c7c56)n4)ccc3c21. The fraction of sp³-hybridized carbons (Fsp3) is 0.0652. The van der Waals surface area contributed by atoms with Crippen molar-refractivity contribution in [2.24, 2.45) is 0 Å². The zero-order valence-corrected chi connectivity index (χ0v) is 29.8. The smallest absolute Gasteiger partial charge is 0.164 e. The summed E-state index contributed by atoms with van der Waals surface area (Å²) in [7, 11) is 0. The normalized spacial score (nSPS) is 14.3. The Balaban J connectivity index is 1.13. The molecule has 0 saturated heterocycles. The molecule has 0 fully saturated rings. The Hall–Kier alpha value is -5.95. The highest BCUT2D eigenvalue weighted by atomic mass is 32.1. The second kappa shape index (κ2) is 11.5. The van der Waals surface area contributed by atoms with Gasteiger partial charge in [-0.1, -0.05) is 110 Å². The van der Waals surface area contributed by atoms with Crippen molar-refractivity contribution < 1.29 is 4.42 Å². The highest BCUT2D eigenvalue weighted by molar-refractivity contribution is 7.25. The molecular formula is C46H29N3OS2. The predicted molar refractivity (Wildman–Crippen MR) is 219 cm³/mol. The number of hydrogen-bond acceptors (Lipinski definition) is 6. The van der Waals surface area contributed by atoms with Gasteiger partial charge in [0, 0.05) is 57.2 Å². The van der Waals surface area contributed by atoms with Gasteiger partial charge in [-0.2, -0.15) is 0 Å². The van der Waals surface area contributed by atoms with Crippen molar-refractivity contribution in [2.75, 3.05) is 0 Å². The molecule has 4 aromatic heterocycles. The fourth-order valence-electron chi connectivity index (χ4n) is 7.93. The number of benzene rings is 6. The fourth-order valence-corrected chi connectivity index (χ4v) is 10.4. The van der Waals surface area contributed by atoms with Crippen LogP contribution in [0, 0.1) is 0 Å². The van der Waals surface area contributed by atoms with Crippen LogP contribution in [0.2, 0.25) is 0 Å². The molecule has 0 aliphatic heterocycles. The summed E-state index contributed by atoms with van der Waals surface area (Å²) >= 11 is 3.69. The molecule has 6 heteroatoms. The molecule has 10 aromatic rings. The van der Waals surface area contributed by atoms with E-state index in [9.17, 15) is 0 Å². The summed E-state index contributed by atoms with van der Waals surface area (Å²) in [5.74, 6) is 2.42. The first-order chi connectivity index (χ1) is 25.7. The summed E-state index contributed by atoms with van der Waals surface area (Å²) in [4.78, 5) is 16.8. The minimum absolute atomic E-state index is 0.509. The van der Waals surface area contributed by atoms with Gasteiger partial charge >= 0.3 is 0 Å². The molecule has 52 heavy (non-hydrogen) atoms. The quantitative estimate of drug-likeness (QED) is 0.183. The van der Waals surface area contributed by atoms with E-state index in [-0.39, 0.29) is 0 Å². The molecule has 0 spiro atoms. The van der Waals surface area contributed by atoms with E-state index in [1.807, 2.05) is 53.0 Å². The number of thiophene rings is 2. The summed E-state index contributed by atoms with van der Waals surface area (Å²) in [6, 6.07) is 44.8. The van der Waals surface area contributed by atoms with Crippen LogP contribution < -0.4 is 0 Å². The van der Waals surface area contributed by atoms with E-state index < -0.39 is 0 Å². The maximum absolute atomic E-state index is 6.57. The Kier molecular flexibility index (Phi) is 6.60. The monoisotopic (exact) mass is 703 g/mol. The molecule has 1 atom stereocenters. The van der Waals surface area contributed by atoms with Crippen LogP contribution in [0.1, 0.15) is 29.7 Å². The van der Waals surface area contributed by atoms with Gasteiger partial charge in [0.05, 0.1) is 0 Å². The molecule has 0 N–H and O–H groups in total. The highest BCUT2D eigenvalue weighted by Crippen LogP contribution is 2.45. The number of allylic oxidation sites excluding steroid dienone is 1. The third kappa shape index (κ3) is 4.61. The molecule has 6 aromatic carbocycles. The van der Waals surface area contributed by atoms with Gasteiger partial charge in [0.25, 0.3) is 0 Å². The topological polar surface area (TPSA) is 51.8 Å². The maximum Gasteiger partial charge on any atom is 0.164 e. The Morgan fingerprint density at radius 3 is 2.06 bits per heavy atom. The number of hydrogen-bond donors (Lipinski definition) is 0. The summed E-state index contributed by atoms with van der Waals surface area (Å²) in [5.41, 5.74) is 8.21. The molecule has 0 saturated carbocycles. The van der Waals surface area contributed by atoms with Crippen LogP contribution in [0.15, 0.2) is 138 Å². The van der Waals surface area contributed by atoms with Crippen molar-refractivity contribution in [2.45, 2.75) is 19.3 Å². The molecule has 1 aliphatic rings. The Bertz CT molecular complexity index is 3080. The second-order valence-corrected chi connectivity index (χ2v) is 15.7. The molecule has 0 amide bonds. The van der Waals surface area contributed by atoms with E-state index in [4.69, 9.17) is 19.4 Å². The van der Waals surface area contributed by atoms with Gasteiger partial charge in [-0.25, -0.2) is 15.0 Å². The lowest BCUT2D eigenvalue weighted by Gasteiger charge is -2.14. The number of furan rings is 1. The van der Waals surface area contributed by atoms with Gasteiger partial charge < -0.3 is 4.42 Å². The lowest BCUT2D eigenvalue weighted by molar-refractivity contribution is 0.669. The van der Waals surface area contributed by atoms with Crippen molar-refractivity contribution in [1.82, 2.24) is 15.0 Å². The average molecular weight is 704 g/mol. The van der Waals surface area contributed by atoms with Crippen LogP contribution >= 0.6 is 22.7 Å². The molecule has 0 radical (unpaired) electrons. The summed E-state index contributed by atoms with van der Waals surface area (Å²) < 4.78 is 10.4. The first-order valence-corrected chi connectivity index (χ1v) is 19.2. The number of aromatic nitrogens is 3. The summed E-state index contributed by atoms with van der Waals surface area (Å²) in [6.07, 6.45) is 5.65. The lowest BCUT2D eigenvalue weighted by atomic mass is 9.91. The maximum atomic E-state index is 6.57. The molecule has 4 nitrogen and oxygen atoms in total. The number of nitrogens with zero attached hydrogens (tertiary/aromatic N) is 3. The van der Waals surface area contributed by atoms with E-state index in [0.717, 1.165) is 56.2 Å². The van der Waals surface area contributed by atoms with Gasteiger partial charge in [0.1, 0.15) is 11.2 Å². The molecule has 1 unspecified atom stereocenters. The van der Waals surface area contributed by atoms with Crippen molar-refractivity contribution in [3.05, 3.63) is 144 Å². The van der Waals surface area contributed by atoms with Crippen molar-refractivity contribution >= 4 is 80.9 Å². The van der Waals surface area contributed by atoms with Crippen LogP contribution in [0.5, 0.6) is 0 Å². The Morgan fingerprint density at radius 2 is 1.19 bits per heavy atom. The first kappa shape index (κ1) is 29.7.